The van der Waals surface area contributed by atoms with E-state index in [0.29, 0.717) is 10.5 Å². The van der Waals surface area contributed by atoms with Crippen molar-refractivity contribution in [2.45, 2.75) is 0 Å². The summed E-state index contributed by atoms with van der Waals surface area (Å²) in [4.78, 5) is 17.0. The quantitative estimate of drug-likeness (QED) is 0.352. The van der Waals surface area contributed by atoms with Crippen LogP contribution in [0.25, 0.3) is 31.7 Å². The molecule has 0 radical (unpaired) electrons. The molecule has 0 fully saturated rings. The van der Waals surface area contributed by atoms with Gasteiger partial charge in [-0.05, 0) is 16.8 Å². The summed E-state index contributed by atoms with van der Waals surface area (Å²) in [6.45, 7) is 0. The van der Waals surface area contributed by atoms with Crippen LogP contribution in [-0.4, -0.2) is 11.0 Å². The largest absolute Gasteiger partial charge is 0.356 e. The lowest BCUT2D eigenvalue weighted by atomic mass is 10.0. The van der Waals surface area contributed by atoms with Gasteiger partial charge < -0.3 is 0 Å². The molecule has 19 heavy (non-hydrogen) atoms. The Morgan fingerprint density at radius 1 is 1.00 bits per heavy atom. The van der Waals surface area contributed by atoms with Crippen molar-refractivity contribution in [3.8, 4) is 0 Å². The normalized spacial score (nSPS) is 9.26. The number of hydrogen-bond donors (Lipinski definition) is 0. The molecule has 1 amide bonds. The highest BCUT2D eigenvalue weighted by Gasteiger charge is 2.19. The van der Waals surface area contributed by atoms with Crippen molar-refractivity contribution < 1.29 is 4.79 Å². The van der Waals surface area contributed by atoms with Gasteiger partial charge in [-0.1, -0.05) is 41.5 Å². The van der Waals surface area contributed by atoms with E-state index in [4.69, 9.17) is 11.1 Å². The Morgan fingerprint density at radius 3 is 2.32 bits per heavy atom. The fourth-order valence-electron chi connectivity index (χ4n) is 1.69. The van der Waals surface area contributed by atoms with E-state index in [1.165, 1.54) is 0 Å². The Morgan fingerprint density at radius 2 is 1.63 bits per heavy atom. The Kier molecular flexibility index (Phi) is 3.49. The highest BCUT2D eigenvalue weighted by atomic mass is 16.2. The van der Waals surface area contributed by atoms with Crippen molar-refractivity contribution in [2.24, 2.45) is 10.4 Å². The molecule has 0 heterocycles. The highest BCUT2D eigenvalue weighted by molar-refractivity contribution is 6.06. The minimum atomic E-state index is -0.688. The van der Waals surface area contributed by atoms with E-state index in [9.17, 15) is 4.79 Å². The molecule has 0 atom stereocenters. The zero-order chi connectivity index (χ0) is 13.7. The van der Waals surface area contributed by atoms with E-state index in [2.05, 4.69) is 20.3 Å². The first kappa shape index (κ1) is 12.3. The van der Waals surface area contributed by atoms with Crippen LogP contribution >= 0.6 is 0 Å². The van der Waals surface area contributed by atoms with Gasteiger partial charge in [0, 0.05) is 10.4 Å². The first-order valence-corrected chi connectivity index (χ1v) is 5.20. The number of rotatable bonds is 3. The molecule has 0 aromatic heterocycles. The number of benzene rings is 2. The Balaban J connectivity index is 2.57. The summed E-state index contributed by atoms with van der Waals surface area (Å²) in [5.74, 6) is -0.688. The van der Waals surface area contributed by atoms with Crippen LogP contribution in [0.2, 0.25) is 0 Å². The molecule has 8 heteroatoms. The fourth-order valence-corrected chi connectivity index (χ4v) is 1.69. The van der Waals surface area contributed by atoms with Gasteiger partial charge in [-0.25, -0.2) is 4.79 Å². The molecule has 2 aromatic carbocycles. The monoisotopic (exact) mass is 253 g/mol. The molecule has 8 nitrogen and oxygen atoms in total. The second-order valence-electron chi connectivity index (χ2n) is 3.48. The zero-order valence-corrected chi connectivity index (χ0v) is 9.58. The summed E-state index contributed by atoms with van der Waals surface area (Å²) in [5, 5.41) is 8.00. The standard InChI is InChI=1S/C11H7N7O/c12-14-16-18(17-15-13)11(19)10-7-3-5-8-4-1-2-6-9(8)10/h1-7H. The second kappa shape index (κ2) is 5.42. The van der Waals surface area contributed by atoms with Gasteiger partial charge in [-0.3, -0.25) is 0 Å². The van der Waals surface area contributed by atoms with Gasteiger partial charge in [0.1, 0.15) is 0 Å². The van der Waals surface area contributed by atoms with Crippen molar-refractivity contribution in [1.82, 2.24) is 5.12 Å². The van der Waals surface area contributed by atoms with Crippen LogP contribution in [0.15, 0.2) is 52.9 Å². The second-order valence-corrected chi connectivity index (χ2v) is 3.48. The molecule has 0 saturated carbocycles. The van der Waals surface area contributed by atoms with E-state index < -0.39 is 5.91 Å². The molecule has 0 unspecified atom stereocenters. The maximum Gasteiger partial charge on any atom is 0.356 e. The summed E-state index contributed by atoms with van der Waals surface area (Å²) in [6, 6.07) is 12.3. The Bertz CT molecular complexity index is 705. The van der Waals surface area contributed by atoms with Gasteiger partial charge in [0.25, 0.3) is 0 Å². The summed E-state index contributed by atoms with van der Waals surface area (Å²) in [7, 11) is 0. The predicted octanol–water partition coefficient (Wildman–Crippen LogP) is 3.73. The minimum absolute atomic E-state index is 0.290. The maximum atomic E-state index is 12.1. The molecule has 2 aromatic rings. The molecular formula is C11H7N7O. The minimum Gasteiger partial charge on any atom is -0.239 e. The van der Waals surface area contributed by atoms with Crippen LogP contribution < -0.4 is 0 Å². The van der Waals surface area contributed by atoms with Gasteiger partial charge in [-0.2, -0.15) is 9.82 Å². The van der Waals surface area contributed by atoms with E-state index >= 15 is 0 Å². The van der Waals surface area contributed by atoms with Crippen molar-refractivity contribution in [3.05, 3.63) is 68.9 Å². The lowest BCUT2D eigenvalue weighted by Crippen LogP contribution is -2.19. The molecule has 0 bridgehead atoms. The van der Waals surface area contributed by atoms with Crippen LogP contribution in [0.3, 0.4) is 0 Å². The van der Waals surface area contributed by atoms with E-state index in [1.807, 2.05) is 18.2 Å². The van der Waals surface area contributed by atoms with Crippen LogP contribution in [0.4, 0.5) is 0 Å². The lowest BCUT2D eigenvalue weighted by molar-refractivity contribution is 0.0759. The van der Waals surface area contributed by atoms with Gasteiger partial charge in [0.05, 0.1) is 5.56 Å². The number of nitrogens with zero attached hydrogens (tertiary/aromatic N) is 7. The lowest BCUT2D eigenvalue weighted by Gasteiger charge is -2.07. The third kappa shape index (κ3) is 2.39. The molecule has 0 aliphatic carbocycles. The number of amides is 1. The van der Waals surface area contributed by atoms with Crippen LogP contribution in [0.1, 0.15) is 10.4 Å². The van der Waals surface area contributed by atoms with Crippen molar-refractivity contribution in [1.29, 1.82) is 0 Å². The first-order valence-electron chi connectivity index (χ1n) is 5.20. The third-order valence-corrected chi connectivity index (χ3v) is 2.45. The average molecular weight is 253 g/mol. The van der Waals surface area contributed by atoms with Crippen molar-refractivity contribution in [3.63, 3.8) is 0 Å². The summed E-state index contributed by atoms with van der Waals surface area (Å²) >= 11 is 0. The van der Waals surface area contributed by atoms with Gasteiger partial charge in [-0.15, -0.1) is 11.1 Å². The number of carbonyl (C=O) groups excluding carboxylic acids is 1. The molecule has 0 N–H and O–H groups in total. The average Bonchev–Trinajstić information content (AvgIpc) is 2.46. The number of azide groups is 1. The molecule has 92 valence electrons. The number of hydrogen-bond acceptors (Lipinski definition) is 3. The van der Waals surface area contributed by atoms with Gasteiger partial charge in [0.15, 0.2) is 0 Å². The van der Waals surface area contributed by atoms with Gasteiger partial charge >= 0.3 is 5.91 Å². The first-order chi connectivity index (χ1) is 9.27. The smallest absolute Gasteiger partial charge is 0.239 e. The van der Waals surface area contributed by atoms with E-state index in [-0.39, 0.29) is 5.56 Å². The molecule has 0 saturated heterocycles. The SMILES string of the molecule is [N-]=[N+]=NN(N=[N+]=[N-])C(=O)c1cccc2ccccc12. The topological polar surface area (TPSA) is 118 Å². The third-order valence-electron chi connectivity index (χ3n) is 2.45. The summed E-state index contributed by atoms with van der Waals surface area (Å²) in [5.41, 5.74) is 17.0. The van der Waals surface area contributed by atoms with E-state index in [0.717, 1.165) is 5.39 Å². The van der Waals surface area contributed by atoms with Crippen LogP contribution in [0.5, 0.6) is 0 Å². The van der Waals surface area contributed by atoms with Crippen molar-refractivity contribution in [2.75, 3.05) is 0 Å². The molecule has 2 rings (SSSR count). The highest BCUT2D eigenvalue weighted by Crippen LogP contribution is 2.20. The molecule has 0 aliphatic heterocycles. The molecule has 0 spiro atoms. The van der Waals surface area contributed by atoms with Crippen molar-refractivity contribution >= 4 is 16.7 Å². The zero-order valence-electron chi connectivity index (χ0n) is 9.58. The summed E-state index contributed by atoms with van der Waals surface area (Å²) < 4.78 is 0. The Hall–Kier alpha value is -3.21. The van der Waals surface area contributed by atoms with Crippen LogP contribution in [0, 0.1) is 0 Å². The Labute approximate surface area is 107 Å². The number of fused-ring (bicyclic) bond motifs is 1. The molecule has 0 aliphatic rings. The predicted molar refractivity (Wildman–Crippen MR) is 68.4 cm³/mol. The molecular weight excluding hydrogens is 246 g/mol. The maximum absolute atomic E-state index is 12.1. The van der Waals surface area contributed by atoms with Crippen LogP contribution in [-0.2, 0) is 0 Å². The van der Waals surface area contributed by atoms with Gasteiger partial charge in [0.2, 0.25) is 0 Å². The van der Waals surface area contributed by atoms with E-state index in [1.54, 1.807) is 24.3 Å². The summed E-state index contributed by atoms with van der Waals surface area (Å²) in [6.07, 6.45) is 0. The fraction of sp³-hybridized carbons (Fsp3) is 0. The number of carbonyl (C=O) groups is 1.